The molecule has 0 bridgehead atoms. The van der Waals surface area contributed by atoms with Crippen LogP contribution < -0.4 is 0 Å². The van der Waals surface area contributed by atoms with Gasteiger partial charge in [-0.25, -0.2) is 0 Å². The summed E-state index contributed by atoms with van der Waals surface area (Å²) in [6, 6.07) is 16.5. The first-order chi connectivity index (χ1) is 14.7. The van der Waals surface area contributed by atoms with Crippen LogP contribution >= 0.6 is 0 Å². The molecule has 150 valence electrons. The highest BCUT2D eigenvalue weighted by Gasteiger charge is 2.39. The van der Waals surface area contributed by atoms with Crippen LogP contribution in [0.15, 0.2) is 58.6 Å². The Morgan fingerprint density at radius 3 is 2.70 bits per heavy atom. The van der Waals surface area contributed by atoms with Gasteiger partial charge in [-0.2, -0.15) is 5.26 Å². The first kappa shape index (κ1) is 18.8. The van der Waals surface area contributed by atoms with E-state index in [9.17, 15) is 10.1 Å². The van der Waals surface area contributed by atoms with Crippen LogP contribution in [0.1, 0.15) is 53.6 Å². The monoisotopic (exact) mass is 395 g/mol. The number of hydrogen-bond acceptors (Lipinski definition) is 3. The van der Waals surface area contributed by atoms with E-state index < -0.39 is 0 Å². The summed E-state index contributed by atoms with van der Waals surface area (Å²) >= 11 is 0. The van der Waals surface area contributed by atoms with E-state index in [1.807, 2.05) is 55.6 Å². The van der Waals surface area contributed by atoms with Crippen LogP contribution in [0, 0.1) is 18.3 Å². The van der Waals surface area contributed by atoms with Crippen LogP contribution in [0.25, 0.3) is 11.1 Å². The average molecular weight is 396 g/mol. The van der Waals surface area contributed by atoms with Crippen molar-refractivity contribution in [2.45, 2.75) is 51.1 Å². The molecular weight excluding hydrogens is 370 g/mol. The minimum atomic E-state index is 0.143. The van der Waals surface area contributed by atoms with Crippen molar-refractivity contribution in [1.82, 2.24) is 4.90 Å². The van der Waals surface area contributed by atoms with E-state index in [1.165, 1.54) is 11.1 Å². The quantitative estimate of drug-likeness (QED) is 0.725. The third-order valence-electron chi connectivity index (χ3n) is 6.60. The van der Waals surface area contributed by atoms with Gasteiger partial charge in [0, 0.05) is 23.9 Å². The number of amides is 1. The van der Waals surface area contributed by atoms with Crippen molar-refractivity contribution in [2.75, 3.05) is 6.54 Å². The summed E-state index contributed by atoms with van der Waals surface area (Å²) in [6.07, 6.45) is 7.26. The Hall–Kier alpha value is -3.19. The van der Waals surface area contributed by atoms with Gasteiger partial charge in [0.15, 0.2) is 0 Å². The number of nitrogens with zero attached hydrogens (tertiary/aromatic N) is 3. The average Bonchev–Trinajstić information content (AvgIpc) is 3.49. The van der Waals surface area contributed by atoms with Crippen LogP contribution in [0.4, 0.5) is 0 Å². The largest absolute Gasteiger partial charge is 0.332 e. The van der Waals surface area contributed by atoms with Crippen LogP contribution in [-0.2, 0) is 0 Å². The van der Waals surface area contributed by atoms with Crippen LogP contribution in [-0.4, -0.2) is 35.7 Å². The van der Waals surface area contributed by atoms with E-state index in [4.69, 9.17) is 0 Å². The lowest BCUT2D eigenvalue weighted by Crippen LogP contribution is -2.43. The van der Waals surface area contributed by atoms with Gasteiger partial charge in [-0.1, -0.05) is 24.3 Å². The van der Waals surface area contributed by atoms with Crippen molar-refractivity contribution in [3.8, 4) is 17.2 Å². The van der Waals surface area contributed by atoms with Crippen molar-refractivity contribution in [2.24, 2.45) is 4.99 Å². The standard InChI is InChI=1S/C26H25N3O/c1-17-12-18(7-11-24(17)25-5-3-2-4-19(25)14-27)26(30)29(22-9-10-22)23-8-6-20-15-28-16-21(20)13-23/h2-5,7,11-12,16,22-23H,6,8-10,13,15H2,1H3. The van der Waals surface area contributed by atoms with E-state index >= 15 is 0 Å². The Balaban J connectivity index is 1.43. The molecule has 1 heterocycles. The molecule has 1 amide bonds. The van der Waals surface area contributed by atoms with Gasteiger partial charge in [0.25, 0.3) is 5.91 Å². The third kappa shape index (κ3) is 3.35. The predicted molar refractivity (Wildman–Crippen MR) is 119 cm³/mol. The highest BCUT2D eigenvalue weighted by molar-refractivity contribution is 5.96. The second-order valence-electron chi connectivity index (χ2n) is 8.63. The van der Waals surface area contributed by atoms with Crippen molar-refractivity contribution < 1.29 is 4.79 Å². The fourth-order valence-corrected chi connectivity index (χ4v) is 4.88. The smallest absolute Gasteiger partial charge is 0.254 e. The molecule has 1 atom stereocenters. The van der Waals surface area contributed by atoms with Crippen LogP contribution in [0.2, 0.25) is 0 Å². The van der Waals surface area contributed by atoms with Crippen LogP contribution in [0.5, 0.6) is 0 Å². The Morgan fingerprint density at radius 2 is 1.93 bits per heavy atom. The van der Waals surface area contributed by atoms with Gasteiger partial charge < -0.3 is 4.90 Å². The van der Waals surface area contributed by atoms with E-state index in [-0.39, 0.29) is 11.9 Å². The summed E-state index contributed by atoms with van der Waals surface area (Å²) in [6.45, 7) is 2.87. The van der Waals surface area contributed by atoms with Crippen molar-refractivity contribution >= 4 is 12.1 Å². The molecular formula is C26H25N3O. The summed E-state index contributed by atoms with van der Waals surface area (Å²) in [4.78, 5) is 20.1. The molecule has 2 aliphatic carbocycles. The molecule has 0 aromatic heterocycles. The lowest BCUT2D eigenvalue weighted by Gasteiger charge is -2.35. The number of hydrogen-bond donors (Lipinski definition) is 0. The summed E-state index contributed by atoms with van der Waals surface area (Å²) in [5, 5.41) is 9.44. The van der Waals surface area contributed by atoms with E-state index in [0.29, 0.717) is 11.6 Å². The Morgan fingerprint density at radius 1 is 1.10 bits per heavy atom. The Labute approximate surface area is 177 Å². The zero-order valence-electron chi connectivity index (χ0n) is 17.3. The lowest BCUT2D eigenvalue weighted by molar-refractivity contribution is 0.0645. The van der Waals surface area contributed by atoms with Gasteiger partial charge in [-0.3, -0.25) is 9.79 Å². The van der Waals surface area contributed by atoms with Crippen LogP contribution in [0.3, 0.4) is 0 Å². The van der Waals surface area contributed by atoms with Gasteiger partial charge in [-0.05, 0) is 85.1 Å². The lowest BCUT2D eigenvalue weighted by atomic mass is 9.88. The molecule has 1 unspecified atom stereocenters. The molecule has 0 radical (unpaired) electrons. The number of benzene rings is 2. The van der Waals surface area contributed by atoms with Crippen molar-refractivity contribution in [3.63, 3.8) is 0 Å². The summed E-state index contributed by atoms with van der Waals surface area (Å²) in [5.41, 5.74) is 7.17. The van der Waals surface area contributed by atoms with Gasteiger partial charge >= 0.3 is 0 Å². The number of carbonyl (C=O) groups excluding carboxylic acids is 1. The predicted octanol–water partition coefficient (Wildman–Crippen LogP) is 5.07. The summed E-state index contributed by atoms with van der Waals surface area (Å²) in [7, 11) is 0. The second-order valence-corrected chi connectivity index (χ2v) is 8.63. The van der Waals surface area contributed by atoms with Gasteiger partial charge in [0.1, 0.15) is 0 Å². The van der Waals surface area contributed by atoms with E-state index in [1.54, 1.807) is 0 Å². The first-order valence-corrected chi connectivity index (χ1v) is 10.8. The van der Waals surface area contributed by atoms with Crippen molar-refractivity contribution in [1.29, 1.82) is 5.26 Å². The molecule has 0 saturated heterocycles. The minimum Gasteiger partial charge on any atom is -0.332 e. The second kappa shape index (κ2) is 7.57. The zero-order chi connectivity index (χ0) is 20.7. The molecule has 0 N–H and O–H groups in total. The van der Waals surface area contributed by atoms with Crippen molar-refractivity contribution in [3.05, 3.63) is 70.3 Å². The fourth-order valence-electron chi connectivity index (χ4n) is 4.88. The van der Waals surface area contributed by atoms with Gasteiger partial charge in [0.05, 0.1) is 18.2 Å². The number of rotatable bonds is 4. The zero-order valence-corrected chi connectivity index (χ0v) is 17.3. The minimum absolute atomic E-state index is 0.143. The topological polar surface area (TPSA) is 56.5 Å². The maximum absolute atomic E-state index is 13.6. The Kier molecular flexibility index (Phi) is 4.75. The third-order valence-corrected chi connectivity index (χ3v) is 6.60. The number of aryl methyl sites for hydroxylation is 1. The SMILES string of the molecule is Cc1cc(C(=O)N(C2CC2)C2CCC3=C(C=NC3)C2)ccc1-c1ccccc1C#N. The van der Waals surface area contributed by atoms with E-state index in [2.05, 4.69) is 16.0 Å². The fraction of sp³-hybridized carbons (Fsp3) is 0.346. The maximum atomic E-state index is 13.6. The molecule has 1 saturated carbocycles. The molecule has 2 aromatic carbocycles. The molecule has 30 heavy (non-hydrogen) atoms. The summed E-state index contributed by atoms with van der Waals surface area (Å²) < 4.78 is 0. The molecule has 1 aliphatic heterocycles. The molecule has 4 nitrogen and oxygen atoms in total. The summed E-state index contributed by atoms with van der Waals surface area (Å²) in [5.74, 6) is 0.143. The van der Waals surface area contributed by atoms with Gasteiger partial charge in [0.2, 0.25) is 0 Å². The number of carbonyl (C=O) groups is 1. The molecule has 5 rings (SSSR count). The molecule has 2 aromatic rings. The van der Waals surface area contributed by atoms with Gasteiger partial charge in [-0.15, -0.1) is 0 Å². The number of nitriles is 1. The highest BCUT2D eigenvalue weighted by atomic mass is 16.2. The molecule has 3 aliphatic rings. The normalized spacial score (nSPS) is 20.1. The molecule has 1 fully saturated rings. The maximum Gasteiger partial charge on any atom is 0.254 e. The highest BCUT2D eigenvalue weighted by Crippen LogP contribution is 2.38. The number of aliphatic imine (C=N–C) groups is 1. The first-order valence-electron chi connectivity index (χ1n) is 10.8. The molecule has 0 spiro atoms. The Bertz CT molecular complexity index is 1120. The van der Waals surface area contributed by atoms with E-state index in [0.717, 1.165) is 60.9 Å². The molecule has 4 heteroatoms.